The van der Waals surface area contributed by atoms with Crippen LogP contribution in [0.4, 0.5) is 0 Å². The van der Waals surface area contributed by atoms with Crippen molar-refractivity contribution in [1.29, 1.82) is 0 Å². The Morgan fingerprint density at radius 2 is 2.20 bits per heavy atom. The first-order chi connectivity index (χ1) is 9.51. The van der Waals surface area contributed by atoms with Gasteiger partial charge in [-0.3, -0.25) is 4.79 Å². The number of amides is 1. The zero-order valence-corrected chi connectivity index (χ0v) is 12.8. The van der Waals surface area contributed by atoms with Crippen LogP contribution in [0.2, 0.25) is 10.0 Å². The standard InChI is InChI=1S/C14H18Cl2N2O2/c1-2-12(14(17)19)20-13-8(7-18-10-3-4-10)5-9(15)6-11(13)16/h5-6,10,12,18H,2-4,7H2,1H3,(H2,17,19). The first kappa shape index (κ1) is 15.4. The molecule has 0 saturated heterocycles. The molecule has 6 heteroatoms. The molecule has 1 aliphatic rings. The van der Waals surface area contributed by atoms with Crippen molar-refractivity contribution >= 4 is 29.1 Å². The molecule has 1 aromatic carbocycles. The zero-order valence-electron chi connectivity index (χ0n) is 11.3. The molecule has 1 aromatic rings. The number of ether oxygens (including phenoxy) is 1. The van der Waals surface area contributed by atoms with Crippen LogP contribution in [-0.4, -0.2) is 18.1 Å². The Labute approximate surface area is 128 Å². The van der Waals surface area contributed by atoms with Crippen LogP contribution in [0.3, 0.4) is 0 Å². The Kier molecular flexibility index (Phi) is 5.13. The Bertz CT molecular complexity index is 504. The van der Waals surface area contributed by atoms with Crippen LogP contribution in [0.25, 0.3) is 0 Å². The molecular weight excluding hydrogens is 299 g/mol. The van der Waals surface area contributed by atoms with Gasteiger partial charge < -0.3 is 15.8 Å². The minimum absolute atomic E-state index is 0.393. The van der Waals surface area contributed by atoms with Crippen LogP contribution in [0, 0.1) is 0 Å². The molecular formula is C14H18Cl2N2O2. The summed E-state index contributed by atoms with van der Waals surface area (Å²) in [4.78, 5) is 11.3. The van der Waals surface area contributed by atoms with Crippen molar-refractivity contribution in [2.45, 2.75) is 44.9 Å². The van der Waals surface area contributed by atoms with E-state index in [2.05, 4.69) is 5.32 Å². The average molecular weight is 317 g/mol. The van der Waals surface area contributed by atoms with Crippen LogP contribution in [0.15, 0.2) is 12.1 Å². The van der Waals surface area contributed by atoms with E-state index in [0.29, 0.717) is 34.8 Å². The third-order valence-electron chi connectivity index (χ3n) is 3.19. The van der Waals surface area contributed by atoms with Gasteiger partial charge in [-0.25, -0.2) is 0 Å². The predicted molar refractivity (Wildman–Crippen MR) is 80.2 cm³/mol. The van der Waals surface area contributed by atoms with Gasteiger partial charge >= 0.3 is 0 Å². The second kappa shape index (κ2) is 6.66. The second-order valence-corrected chi connectivity index (χ2v) is 5.79. The summed E-state index contributed by atoms with van der Waals surface area (Å²) in [6.07, 6.45) is 2.17. The maximum Gasteiger partial charge on any atom is 0.258 e. The summed E-state index contributed by atoms with van der Waals surface area (Å²) >= 11 is 12.2. The molecule has 1 saturated carbocycles. The van der Waals surface area contributed by atoms with Crippen molar-refractivity contribution in [2.75, 3.05) is 0 Å². The van der Waals surface area contributed by atoms with Crippen LogP contribution >= 0.6 is 23.2 Å². The lowest BCUT2D eigenvalue weighted by atomic mass is 10.2. The maximum atomic E-state index is 11.3. The fraction of sp³-hybridized carbons (Fsp3) is 0.500. The molecule has 1 unspecified atom stereocenters. The molecule has 0 spiro atoms. The minimum Gasteiger partial charge on any atom is -0.479 e. The van der Waals surface area contributed by atoms with Crippen LogP contribution in [0.5, 0.6) is 5.75 Å². The summed E-state index contributed by atoms with van der Waals surface area (Å²) in [5.74, 6) is -0.0190. The van der Waals surface area contributed by atoms with E-state index in [4.69, 9.17) is 33.7 Å². The number of nitrogens with one attached hydrogen (secondary N) is 1. The van der Waals surface area contributed by atoms with E-state index in [9.17, 15) is 4.79 Å². The fourth-order valence-corrected chi connectivity index (χ4v) is 2.48. The van der Waals surface area contributed by atoms with Gasteiger partial charge in [0.25, 0.3) is 5.91 Å². The van der Waals surface area contributed by atoms with Gasteiger partial charge in [-0.2, -0.15) is 0 Å². The Morgan fingerprint density at radius 3 is 2.75 bits per heavy atom. The van der Waals surface area contributed by atoms with Gasteiger partial charge in [0.2, 0.25) is 0 Å². The van der Waals surface area contributed by atoms with Gasteiger partial charge in [-0.1, -0.05) is 30.1 Å². The molecule has 110 valence electrons. The molecule has 3 N–H and O–H groups in total. The highest BCUT2D eigenvalue weighted by atomic mass is 35.5. The van der Waals surface area contributed by atoms with Crippen molar-refractivity contribution in [3.8, 4) is 5.75 Å². The van der Waals surface area contributed by atoms with Crippen molar-refractivity contribution in [1.82, 2.24) is 5.32 Å². The summed E-state index contributed by atoms with van der Waals surface area (Å²) in [7, 11) is 0. The summed E-state index contributed by atoms with van der Waals surface area (Å²) in [6, 6.07) is 3.96. The number of carbonyl (C=O) groups is 1. The lowest BCUT2D eigenvalue weighted by Crippen LogP contribution is -2.33. The van der Waals surface area contributed by atoms with Gasteiger partial charge in [0.15, 0.2) is 6.10 Å². The molecule has 0 aliphatic heterocycles. The number of benzene rings is 1. The third-order valence-corrected chi connectivity index (χ3v) is 3.69. The summed E-state index contributed by atoms with van der Waals surface area (Å²) in [6.45, 7) is 2.44. The lowest BCUT2D eigenvalue weighted by molar-refractivity contribution is -0.124. The Hall–Kier alpha value is -0.970. The molecule has 1 amide bonds. The first-order valence-corrected chi connectivity index (χ1v) is 7.44. The highest BCUT2D eigenvalue weighted by Crippen LogP contribution is 2.34. The lowest BCUT2D eigenvalue weighted by Gasteiger charge is -2.19. The number of rotatable bonds is 7. The van der Waals surface area contributed by atoms with E-state index in [1.54, 1.807) is 12.1 Å². The van der Waals surface area contributed by atoms with Crippen molar-refractivity contribution < 1.29 is 9.53 Å². The molecule has 0 radical (unpaired) electrons. The molecule has 1 fully saturated rings. The van der Waals surface area contributed by atoms with Crippen molar-refractivity contribution in [2.24, 2.45) is 5.73 Å². The van der Waals surface area contributed by atoms with Crippen molar-refractivity contribution in [3.63, 3.8) is 0 Å². The normalized spacial score (nSPS) is 15.9. The van der Waals surface area contributed by atoms with E-state index in [1.165, 1.54) is 12.8 Å². The van der Waals surface area contributed by atoms with E-state index >= 15 is 0 Å². The topological polar surface area (TPSA) is 64.3 Å². The van der Waals surface area contributed by atoms with Gasteiger partial charge in [0.1, 0.15) is 5.75 Å². The maximum absolute atomic E-state index is 11.3. The van der Waals surface area contributed by atoms with Crippen LogP contribution in [-0.2, 0) is 11.3 Å². The Morgan fingerprint density at radius 1 is 1.50 bits per heavy atom. The largest absolute Gasteiger partial charge is 0.479 e. The molecule has 0 heterocycles. The van der Waals surface area contributed by atoms with E-state index in [-0.39, 0.29) is 0 Å². The Balaban J connectivity index is 2.20. The van der Waals surface area contributed by atoms with Crippen LogP contribution < -0.4 is 15.8 Å². The first-order valence-electron chi connectivity index (χ1n) is 6.68. The number of carbonyl (C=O) groups excluding carboxylic acids is 1. The van der Waals surface area contributed by atoms with Gasteiger partial charge in [0.05, 0.1) is 5.02 Å². The summed E-state index contributed by atoms with van der Waals surface area (Å²) in [5, 5.41) is 4.31. The number of primary amides is 1. The quantitative estimate of drug-likeness (QED) is 0.813. The van der Waals surface area contributed by atoms with Gasteiger partial charge in [-0.05, 0) is 31.4 Å². The zero-order chi connectivity index (χ0) is 14.7. The van der Waals surface area contributed by atoms with Crippen molar-refractivity contribution in [3.05, 3.63) is 27.7 Å². The number of nitrogens with two attached hydrogens (primary N) is 1. The molecule has 0 aromatic heterocycles. The van der Waals surface area contributed by atoms with E-state index in [0.717, 1.165) is 5.56 Å². The number of hydrogen-bond donors (Lipinski definition) is 2. The molecule has 2 rings (SSSR count). The summed E-state index contributed by atoms with van der Waals surface area (Å²) < 4.78 is 5.69. The molecule has 0 bridgehead atoms. The van der Waals surface area contributed by atoms with Gasteiger partial charge in [-0.15, -0.1) is 0 Å². The number of hydrogen-bond acceptors (Lipinski definition) is 3. The van der Waals surface area contributed by atoms with E-state index < -0.39 is 12.0 Å². The smallest absolute Gasteiger partial charge is 0.258 e. The summed E-state index contributed by atoms with van der Waals surface area (Å²) in [5.41, 5.74) is 6.15. The third kappa shape index (κ3) is 4.01. The molecule has 1 aliphatic carbocycles. The van der Waals surface area contributed by atoms with E-state index in [1.807, 2.05) is 6.92 Å². The highest BCUT2D eigenvalue weighted by Gasteiger charge is 2.23. The van der Waals surface area contributed by atoms with Gasteiger partial charge in [0, 0.05) is 23.2 Å². The molecule has 20 heavy (non-hydrogen) atoms. The fourth-order valence-electron chi connectivity index (χ4n) is 1.90. The number of halogens is 2. The average Bonchev–Trinajstić information content (AvgIpc) is 3.18. The monoisotopic (exact) mass is 316 g/mol. The molecule has 1 atom stereocenters. The molecule has 4 nitrogen and oxygen atoms in total. The van der Waals surface area contributed by atoms with Crippen LogP contribution in [0.1, 0.15) is 31.7 Å². The minimum atomic E-state index is -0.687. The highest BCUT2D eigenvalue weighted by molar-refractivity contribution is 6.35. The predicted octanol–water partition coefficient (Wildman–Crippen LogP) is 2.89. The SMILES string of the molecule is CCC(Oc1c(Cl)cc(Cl)cc1CNC1CC1)C(N)=O. The second-order valence-electron chi connectivity index (χ2n) is 4.95.